The summed E-state index contributed by atoms with van der Waals surface area (Å²) in [6.07, 6.45) is 2.35. The van der Waals surface area contributed by atoms with Crippen LogP contribution in [0, 0.1) is 0 Å². The van der Waals surface area contributed by atoms with Gasteiger partial charge in [0.25, 0.3) is 5.91 Å². The number of halogens is 2. The van der Waals surface area contributed by atoms with E-state index in [4.69, 9.17) is 23.2 Å². The molecule has 0 aliphatic heterocycles. The van der Waals surface area contributed by atoms with Crippen molar-refractivity contribution in [1.29, 1.82) is 0 Å². The first-order chi connectivity index (χ1) is 10.6. The second-order valence-corrected chi connectivity index (χ2v) is 5.80. The van der Waals surface area contributed by atoms with Crippen molar-refractivity contribution in [3.8, 4) is 0 Å². The van der Waals surface area contributed by atoms with Crippen molar-refractivity contribution in [3.05, 3.63) is 63.8 Å². The number of rotatable bonds is 4. The second-order valence-electron chi connectivity index (χ2n) is 4.92. The van der Waals surface area contributed by atoms with Gasteiger partial charge in [0.2, 0.25) is 0 Å². The maximum atomic E-state index is 12.3. The van der Waals surface area contributed by atoms with Gasteiger partial charge in [-0.25, -0.2) is 0 Å². The Hall–Kier alpha value is -2.04. The van der Waals surface area contributed by atoms with Crippen LogP contribution in [0.25, 0.3) is 10.9 Å². The van der Waals surface area contributed by atoms with Gasteiger partial charge in [-0.2, -0.15) is 5.10 Å². The van der Waals surface area contributed by atoms with Crippen LogP contribution in [0.4, 0.5) is 0 Å². The molecule has 6 heteroatoms. The van der Waals surface area contributed by atoms with E-state index < -0.39 is 0 Å². The number of para-hydroxylation sites is 1. The van der Waals surface area contributed by atoms with Crippen LogP contribution in [0.15, 0.2) is 42.6 Å². The Morgan fingerprint density at radius 3 is 2.73 bits per heavy atom. The molecule has 0 unspecified atom stereocenters. The molecule has 0 atom stereocenters. The number of nitrogens with one attached hydrogen (secondary N) is 2. The molecule has 0 aliphatic rings. The molecule has 0 fully saturated rings. The first-order valence-electron chi connectivity index (χ1n) is 6.79. The van der Waals surface area contributed by atoms with E-state index in [-0.39, 0.29) is 5.91 Å². The van der Waals surface area contributed by atoms with Crippen LogP contribution in [0.5, 0.6) is 0 Å². The van der Waals surface area contributed by atoms with Crippen LogP contribution >= 0.6 is 23.2 Å². The smallest absolute Gasteiger partial charge is 0.253 e. The maximum Gasteiger partial charge on any atom is 0.253 e. The fourth-order valence-electron chi connectivity index (χ4n) is 2.33. The third-order valence-corrected chi connectivity index (χ3v) is 3.78. The Morgan fingerprint density at radius 2 is 1.95 bits per heavy atom. The molecule has 1 heterocycles. The van der Waals surface area contributed by atoms with Crippen molar-refractivity contribution in [3.63, 3.8) is 0 Å². The van der Waals surface area contributed by atoms with Crippen molar-refractivity contribution in [2.45, 2.75) is 6.42 Å². The van der Waals surface area contributed by atoms with Crippen LogP contribution in [-0.2, 0) is 6.42 Å². The van der Waals surface area contributed by atoms with Gasteiger partial charge in [-0.3, -0.25) is 9.89 Å². The van der Waals surface area contributed by atoms with E-state index in [9.17, 15) is 4.79 Å². The highest BCUT2D eigenvalue weighted by molar-refractivity contribution is 6.34. The molecular formula is C16H13Cl2N3O. The molecule has 0 saturated carbocycles. The van der Waals surface area contributed by atoms with Crippen molar-refractivity contribution in [2.24, 2.45) is 0 Å². The maximum absolute atomic E-state index is 12.3. The first kappa shape index (κ1) is 14.9. The Kier molecular flexibility index (Phi) is 4.32. The lowest BCUT2D eigenvalue weighted by atomic mass is 10.1. The largest absolute Gasteiger partial charge is 0.352 e. The molecule has 0 radical (unpaired) electrons. The third kappa shape index (κ3) is 3.24. The summed E-state index contributed by atoms with van der Waals surface area (Å²) in [5.74, 6) is -0.136. The zero-order valence-corrected chi connectivity index (χ0v) is 13.1. The highest BCUT2D eigenvalue weighted by Crippen LogP contribution is 2.19. The number of benzene rings is 2. The lowest BCUT2D eigenvalue weighted by Gasteiger charge is -2.07. The molecule has 3 rings (SSSR count). The Labute approximate surface area is 137 Å². The summed E-state index contributed by atoms with van der Waals surface area (Å²) in [4.78, 5) is 12.3. The molecule has 0 bridgehead atoms. The standard InChI is InChI=1S/C16H13Cl2N3O/c17-12-6-10(7-13(18)8-12)4-5-19-16(22)14-3-1-2-11-9-20-21-15(11)14/h1-3,6-9H,4-5H2,(H,19,22)(H,20,21). The van der Waals surface area contributed by atoms with E-state index in [2.05, 4.69) is 15.5 Å². The lowest BCUT2D eigenvalue weighted by Crippen LogP contribution is -2.25. The zero-order chi connectivity index (χ0) is 15.5. The monoisotopic (exact) mass is 333 g/mol. The van der Waals surface area contributed by atoms with Crippen LogP contribution in [0.1, 0.15) is 15.9 Å². The number of aromatic amines is 1. The van der Waals surface area contributed by atoms with E-state index in [1.54, 1.807) is 18.3 Å². The lowest BCUT2D eigenvalue weighted by molar-refractivity contribution is 0.0955. The molecule has 2 aromatic carbocycles. The average molecular weight is 334 g/mol. The van der Waals surface area contributed by atoms with Crippen LogP contribution in [-0.4, -0.2) is 22.6 Å². The number of amides is 1. The minimum absolute atomic E-state index is 0.136. The van der Waals surface area contributed by atoms with E-state index in [1.807, 2.05) is 24.3 Å². The quantitative estimate of drug-likeness (QED) is 0.762. The Bertz CT molecular complexity index is 809. The van der Waals surface area contributed by atoms with Crippen LogP contribution in [0.3, 0.4) is 0 Å². The van der Waals surface area contributed by atoms with Gasteiger partial charge in [-0.15, -0.1) is 0 Å². The third-order valence-electron chi connectivity index (χ3n) is 3.34. The summed E-state index contributed by atoms with van der Waals surface area (Å²) < 4.78 is 0. The van der Waals surface area contributed by atoms with Crippen molar-refractivity contribution < 1.29 is 4.79 Å². The number of carbonyl (C=O) groups excluding carboxylic acids is 1. The predicted octanol–water partition coefficient (Wildman–Crippen LogP) is 3.84. The minimum atomic E-state index is -0.136. The first-order valence-corrected chi connectivity index (χ1v) is 7.54. The molecule has 0 aliphatic carbocycles. The number of H-pyrrole nitrogens is 1. The predicted molar refractivity (Wildman–Crippen MR) is 88.6 cm³/mol. The van der Waals surface area contributed by atoms with Gasteiger partial charge in [0.1, 0.15) is 0 Å². The van der Waals surface area contributed by atoms with Gasteiger partial charge in [-0.1, -0.05) is 35.3 Å². The number of hydrogen-bond acceptors (Lipinski definition) is 2. The topological polar surface area (TPSA) is 57.8 Å². The molecule has 112 valence electrons. The number of fused-ring (bicyclic) bond motifs is 1. The minimum Gasteiger partial charge on any atom is -0.352 e. The number of nitrogens with zero attached hydrogens (tertiary/aromatic N) is 1. The number of carbonyl (C=O) groups is 1. The molecule has 0 spiro atoms. The second kappa shape index (κ2) is 6.38. The van der Waals surface area contributed by atoms with E-state index in [0.29, 0.717) is 28.6 Å². The van der Waals surface area contributed by atoms with Crippen molar-refractivity contribution in [1.82, 2.24) is 15.5 Å². The Morgan fingerprint density at radius 1 is 1.18 bits per heavy atom. The van der Waals surface area contributed by atoms with Gasteiger partial charge in [0.05, 0.1) is 17.3 Å². The van der Waals surface area contributed by atoms with Crippen LogP contribution in [0.2, 0.25) is 10.0 Å². The highest BCUT2D eigenvalue weighted by Gasteiger charge is 2.10. The average Bonchev–Trinajstić information content (AvgIpc) is 2.94. The molecule has 0 saturated heterocycles. The zero-order valence-electron chi connectivity index (χ0n) is 11.6. The van der Waals surface area contributed by atoms with Gasteiger partial charge in [0, 0.05) is 22.0 Å². The number of aromatic nitrogens is 2. The van der Waals surface area contributed by atoms with Gasteiger partial charge < -0.3 is 5.32 Å². The van der Waals surface area contributed by atoms with E-state index in [1.165, 1.54) is 0 Å². The van der Waals surface area contributed by atoms with E-state index in [0.717, 1.165) is 16.5 Å². The van der Waals surface area contributed by atoms with Gasteiger partial charge in [-0.05, 0) is 36.2 Å². The summed E-state index contributed by atoms with van der Waals surface area (Å²) >= 11 is 11.9. The molecular weight excluding hydrogens is 321 g/mol. The highest BCUT2D eigenvalue weighted by atomic mass is 35.5. The van der Waals surface area contributed by atoms with Gasteiger partial charge >= 0.3 is 0 Å². The van der Waals surface area contributed by atoms with Crippen LogP contribution < -0.4 is 5.32 Å². The normalized spacial score (nSPS) is 10.8. The molecule has 4 nitrogen and oxygen atoms in total. The fourth-order valence-corrected chi connectivity index (χ4v) is 2.90. The summed E-state index contributed by atoms with van der Waals surface area (Å²) in [5, 5.41) is 11.8. The summed E-state index contributed by atoms with van der Waals surface area (Å²) in [7, 11) is 0. The molecule has 3 aromatic rings. The summed E-state index contributed by atoms with van der Waals surface area (Å²) in [6, 6.07) is 10.9. The summed E-state index contributed by atoms with van der Waals surface area (Å²) in [5.41, 5.74) is 2.31. The van der Waals surface area contributed by atoms with Crippen molar-refractivity contribution in [2.75, 3.05) is 6.54 Å². The fraction of sp³-hybridized carbons (Fsp3) is 0.125. The molecule has 1 amide bonds. The molecule has 2 N–H and O–H groups in total. The van der Waals surface area contributed by atoms with Crippen molar-refractivity contribution >= 4 is 40.0 Å². The van der Waals surface area contributed by atoms with E-state index >= 15 is 0 Å². The Balaban J connectivity index is 1.66. The molecule has 22 heavy (non-hydrogen) atoms. The summed E-state index contributed by atoms with van der Waals surface area (Å²) in [6.45, 7) is 0.500. The molecule has 1 aromatic heterocycles. The SMILES string of the molecule is O=C(NCCc1cc(Cl)cc(Cl)c1)c1cccc2cn[nH]c12. The number of hydrogen-bond donors (Lipinski definition) is 2. The van der Waals surface area contributed by atoms with Gasteiger partial charge in [0.15, 0.2) is 0 Å².